The molecule has 0 aromatic heterocycles. The fraction of sp³-hybridized carbons (Fsp3) is 0.400. The lowest BCUT2D eigenvalue weighted by Gasteiger charge is -2.36. The number of phenolic OH excluding ortho intramolecular Hbond substituents is 1. The van der Waals surface area contributed by atoms with E-state index in [2.05, 4.69) is 0 Å². The van der Waals surface area contributed by atoms with Gasteiger partial charge in [-0.2, -0.15) is 0 Å². The lowest BCUT2D eigenvalue weighted by Crippen LogP contribution is -2.39. The smallest absolute Gasteiger partial charge is 0.271 e. The summed E-state index contributed by atoms with van der Waals surface area (Å²) in [5.41, 5.74) is 3.07. The molecule has 1 aliphatic carbocycles. The molecule has 4 rings (SSSR count). The molecule has 0 spiro atoms. The Morgan fingerprint density at radius 2 is 1.98 bits per heavy atom. The van der Waals surface area contributed by atoms with Crippen molar-refractivity contribution in [3.8, 4) is 5.75 Å². The Bertz CT molecular complexity index is 1390. The lowest BCUT2D eigenvalue weighted by atomic mass is 9.67. The van der Waals surface area contributed by atoms with Crippen molar-refractivity contribution in [2.45, 2.75) is 52.1 Å². The van der Waals surface area contributed by atoms with Gasteiger partial charge in [0.1, 0.15) is 5.75 Å². The molecule has 2 aromatic carbocycles. The number of aromatic hydroxyl groups is 1. The summed E-state index contributed by atoms with van der Waals surface area (Å²) in [5, 5.41) is 43.2. The van der Waals surface area contributed by atoms with Crippen molar-refractivity contribution in [3.05, 3.63) is 79.9 Å². The summed E-state index contributed by atoms with van der Waals surface area (Å²) < 4.78 is 0. The van der Waals surface area contributed by atoms with Crippen molar-refractivity contribution in [3.63, 3.8) is 0 Å². The van der Waals surface area contributed by atoms with Crippen LogP contribution < -0.4 is 4.90 Å². The Labute approximate surface area is 237 Å². The minimum Gasteiger partial charge on any atom is -0.508 e. The van der Waals surface area contributed by atoms with Crippen LogP contribution in [0.1, 0.15) is 51.5 Å². The Morgan fingerprint density at radius 1 is 1.23 bits per heavy atom. The quantitative estimate of drug-likeness (QED) is 0.150. The van der Waals surface area contributed by atoms with E-state index >= 15 is 0 Å². The molecule has 2 amide bonds. The van der Waals surface area contributed by atoms with Crippen LogP contribution in [0, 0.1) is 27.9 Å². The van der Waals surface area contributed by atoms with Crippen LogP contribution in [0.5, 0.6) is 5.75 Å². The third-order valence-electron chi connectivity index (χ3n) is 7.79. The van der Waals surface area contributed by atoms with Crippen LogP contribution in [0.15, 0.2) is 59.2 Å². The Morgan fingerprint density at radius 3 is 2.62 bits per heavy atom. The third kappa shape index (κ3) is 5.82. The van der Waals surface area contributed by atoms with Crippen LogP contribution in [-0.2, 0) is 9.59 Å². The summed E-state index contributed by atoms with van der Waals surface area (Å²) >= 11 is 6.22. The zero-order chi connectivity index (χ0) is 29.1. The number of nitrogens with zero attached hydrogens (tertiary/aromatic N) is 2. The third-order valence-corrected chi connectivity index (χ3v) is 8.12. The van der Waals surface area contributed by atoms with Crippen molar-refractivity contribution in [2.24, 2.45) is 17.8 Å². The van der Waals surface area contributed by atoms with Crippen molar-refractivity contribution in [1.82, 2.24) is 0 Å². The number of aliphatic hydroxyl groups is 2. The van der Waals surface area contributed by atoms with Crippen LogP contribution in [0.4, 0.5) is 11.4 Å². The first-order valence-electron chi connectivity index (χ1n) is 13.4. The van der Waals surface area contributed by atoms with Crippen LogP contribution in [-0.4, -0.2) is 44.8 Å². The van der Waals surface area contributed by atoms with Gasteiger partial charge in [-0.25, -0.2) is 4.90 Å². The molecule has 1 fully saturated rings. The van der Waals surface area contributed by atoms with E-state index in [9.17, 15) is 35.0 Å². The number of fused-ring (bicyclic) bond motifs is 1. The number of amides is 2. The van der Waals surface area contributed by atoms with Gasteiger partial charge in [0, 0.05) is 18.1 Å². The number of carbonyl (C=O) groups excluding carboxylic acids is 2. The molecule has 2 aliphatic rings. The molecule has 2 aromatic rings. The lowest BCUT2D eigenvalue weighted by molar-refractivity contribution is -0.384. The van der Waals surface area contributed by atoms with Gasteiger partial charge in [-0.1, -0.05) is 48.2 Å². The van der Waals surface area contributed by atoms with Crippen LogP contribution in [0.3, 0.4) is 0 Å². The molecule has 1 aliphatic heterocycles. The molecule has 0 radical (unpaired) electrons. The van der Waals surface area contributed by atoms with E-state index in [-0.39, 0.29) is 23.5 Å². The van der Waals surface area contributed by atoms with Gasteiger partial charge in [0.05, 0.1) is 40.2 Å². The second-order valence-corrected chi connectivity index (χ2v) is 10.9. The number of rotatable bonds is 10. The monoisotopic (exact) mass is 568 g/mol. The fourth-order valence-corrected chi connectivity index (χ4v) is 6.22. The number of phenols is 1. The molecule has 212 valence electrons. The zero-order valence-corrected chi connectivity index (χ0v) is 23.2. The fourth-order valence-electron chi connectivity index (χ4n) is 5.99. The van der Waals surface area contributed by atoms with E-state index in [4.69, 9.17) is 11.6 Å². The summed E-state index contributed by atoms with van der Waals surface area (Å²) in [4.78, 5) is 38.8. The molecule has 3 N–H and O–H groups in total. The number of non-ortho nitro benzene ring substituents is 1. The van der Waals surface area contributed by atoms with Gasteiger partial charge in [-0.15, -0.1) is 0 Å². The molecule has 10 heteroatoms. The van der Waals surface area contributed by atoms with Crippen LogP contribution in [0.25, 0.3) is 6.08 Å². The standard InChI is InChI=1S/C30H33ClN2O7/c1-3-5-19-13-23-28(30(38)32(29(23)37)20-6-4-7-21(14-20)33(39)40)24(16-34)27(19)26(36)11-8-17(2)12-18-9-10-22(35)15-25(18)31/h4,6-7,9-10,12,14-15,23-24,26,28,34-36H,3,5,8,11,13,16H2,1-2H3/b17-12+/t23-,24+,26-,28-/m1/s1. The van der Waals surface area contributed by atoms with Crippen molar-refractivity contribution in [1.29, 1.82) is 0 Å². The van der Waals surface area contributed by atoms with Crippen LogP contribution >= 0.6 is 11.6 Å². The summed E-state index contributed by atoms with van der Waals surface area (Å²) in [6.45, 7) is 3.48. The van der Waals surface area contributed by atoms with Gasteiger partial charge in [-0.05, 0) is 68.0 Å². The molecule has 1 heterocycles. The largest absolute Gasteiger partial charge is 0.508 e. The van der Waals surface area contributed by atoms with E-state index in [1.807, 2.05) is 19.9 Å². The van der Waals surface area contributed by atoms with Gasteiger partial charge in [0.25, 0.3) is 5.69 Å². The topological polar surface area (TPSA) is 141 Å². The number of carbonyl (C=O) groups is 2. The highest BCUT2D eigenvalue weighted by Gasteiger charge is 2.55. The number of hydrogen-bond donors (Lipinski definition) is 3. The highest BCUT2D eigenvalue weighted by Crippen LogP contribution is 2.48. The number of nitro benzene ring substituents is 1. The van der Waals surface area contributed by atoms with Gasteiger partial charge < -0.3 is 15.3 Å². The van der Waals surface area contributed by atoms with Gasteiger partial charge in [0.15, 0.2) is 0 Å². The van der Waals surface area contributed by atoms with E-state index in [1.165, 1.54) is 30.3 Å². The molecular weight excluding hydrogens is 536 g/mol. The first-order valence-corrected chi connectivity index (χ1v) is 13.7. The summed E-state index contributed by atoms with van der Waals surface area (Å²) in [6, 6.07) is 10.1. The van der Waals surface area contributed by atoms with E-state index < -0.39 is 47.2 Å². The molecule has 0 unspecified atom stereocenters. The maximum absolute atomic E-state index is 13.6. The number of benzene rings is 2. The van der Waals surface area contributed by atoms with Crippen molar-refractivity contribution < 1.29 is 29.8 Å². The molecule has 4 atom stereocenters. The number of aliphatic hydroxyl groups excluding tert-OH is 2. The molecule has 9 nitrogen and oxygen atoms in total. The first kappa shape index (κ1) is 29.5. The number of allylic oxidation sites excluding steroid dienone is 2. The predicted octanol–water partition coefficient (Wildman–Crippen LogP) is 5.41. The van der Waals surface area contributed by atoms with Crippen molar-refractivity contribution in [2.75, 3.05) is 11.5 Å². The summed E-state index contributed by atoms with van der Waals surface area (Å²) in [6.07, 6.45) is 3.46. The number of hydrogen-bond acceptors (Lipinski definition) is 7. The SMILES string of the molecule is CCCC1=C([C@H](O)CC/C(C)=C/c2ccc(O)cc2Cl)[C@H](CO)[C@@H]2C(=O)N(c3cccc([N+](=O)[O-])c3)C(=O)[C@@H]2C1. The second-order valence-electron chi connectivity index (χ2n) is 10.5. The number of halogens is 1. The van der Waals surface area contributed by atoms with Crippen molar-refractivity contribution >= 4 is 40.9 Å². The normalized spacial score (nSPS) is 22.1. The van der Waals surface area contributed by atoms with E-state index in [0.717, 1.165) is 28.0 Å². The zero-order valence-electron chi connectivity index (χ0n) is 22.4. The summed E-state index contributed by atoms with van der Waals surface area (Å²) in [7, 11) is 0. The van der Waals surface area contributed by atoms with Gasteiger partial charge >= 0.3 is 0 Å². The number of nitro groups is 1. The Hall–Kier alpha value is -3.53. The highest BCUT2D eigenvalue weighted by molar-refractivity contribution is 6.32. The number of anilines is 1. The molecule has 1 saturated heterocycles. The average molecular weight is 569 g/mol. The highest BCUT2D eigenvalue weighted by atomic mass is 35.5. The molecular formula is C30H33ClN2O7. The van der Waals surface area contributed by atoms with Gasteiger partial charge in [0.2, 0.25) is 11.8 Å². The minimum atomic E-state index is -0.937. The van der Waals surface area contributed by atoms with Crippen LogP contribution in [0.2, 0.25) is 5.02 Å². The number of imide groups is 1. The van der Waals surface area contributed by atoms with Gasteiger partial charge in [-0.3, -0.25) is 19.7 Å². The van der Waals surface area contributed by atoms with E-state index in [0.29, 0.717) is 29.9 Å². The molecule has 40 heavy (non-hydrogen) atoms. The average Bonchev–Trinajstić information content (AvgIpc) is 3.17. The first-order chi connectivity index (χ1) is 19.1. The summed E-state index contributed by atoms with van der Waals surface area (Å²) in [5.74, 6) is -3.21. The molecule has 0 bridgehead atoms. The predicted molar refractivity (Wildman–Crippen MR) is 152 cm³/mol. The maximum atomic E-state index is 13.6. The maximum Gasteiger partial charge on any atom is 0.271 e. The Kier molecular flexibility index (Phi) is 9.08. The minimum absolute atomic E-state index is 0.0697. The van der Waals surface area contributed by atoms with E-state index in [1.54, 1.807) is 12.1 Å². The molecule has 0 saturated carbocycles. The second kappa shape index (κ2) is 12.3. The Balaban J connectivity index is 1.60.